The Hall–Kier alpha value is -2.10. The summed E-state index contributed by atoms with van der Waals surface area (Å²) in [6.07, 6.45) is 8.19. The van der Waals surface area contributed by atoms with Crippen LogP contribution in [0.2, 0.25) is 0 Å². The molecule has 1 aromatic heterocycles. The van der Waals surface area contributed by atoms with Gasteiger partial charge in [-0.05, 0) is 36.8 Å². The molecule has 126 valence electrons. The summed E-state index contributed by atoms with van der Waals surface area (Å²) >= 11 is 0. The molecule has 1 amide bonds. The van der Waals surface area contributed by atoms with Crippen LogP contribution in [0.4, 0.5) is 0 Å². The molecule has 1 saturated heterocycles. The van der Waals surface area contributed by atoms with Crippen molar-refractivity contribution in [3.63, 3.8) is 0 Å². The van der Waals surface area contributed by atoms with Gasteiger partial charge in [0, 0.05) is 30.7 Å². The van der Waals surface area contributed by atoms with Crippen molar-refractivity contribution in [3.05, 3.63) is 46.8 Å². The highest BCUT2D eigenvalue weighted by Gasteiger charge is 2.32. The summed E-state index contributed by atoms with van der Waals surface area (Å²) in [5.41, 5.74) is 0.850. The first-order chi connectivity index (χ1) is 11.7. The van der Waals surface area contributed by atoms with Crippen LogP contribution >= 0.6 is 0 Å². The van der Waals surface area contributed by atoms with E-state index in [1.165, 1.54) is 25.7 Å². The monoisotopic (exact) mass is 324 g/mol. The van der Waals surface area contributed by atoms with Gasteiger partial charge in [-0.15, -0.1) is 0 Å². The smallest absolute Gasteiger partial charge is 0.242 e. The lowest BCUT2D eigenvalue weighted by Crippen LogP contribution is -2.45. The maximum Gasteiger partial charge on any atom is 0.242 e. The summed E-state index contributed by atoms with van der Waals surface area (Å²) in [5.74, 6) is 1.70. The maximum atomic E-state index is 12.8. The van der Waals surface area contributed by atoms with Crippen LogP contribution in [-0.2, 0) is 11.3 Å². The third-order valence-corrected chi connectivity index (χ3v) is 5.83. The van der Waals surface area contributed by atoms with Gasteiger partial charge in [0.2, 0.25) is 5.91 Å². The average molecular weight is 324 g/mol. The summed E-state index contributed by atoms with van der Waals surface area (Å²) in [4.78, 5) is 26.8. The molecule has 2 unspecified atom stereocenters. The number of carbonyl (C=O) groups is 1. The summed E-state index contributed by atoms with van der Waals surface area (Å²) in [6.45, 7) is 2.12. The van der Waals surface area contributed by atoms with E-state index in [9.17, 15) is 9.59 Å². The van der Waals surface area contributed by atoms with Crippen molar-refractivity contribution in [2.75, 3.05) is 13.1 Å². The van der Waals surface area contributed by atoms with Crippen molar-refractivity contribution in [1.29, 1.82) is 0 Å². The second-order valence-corrected chi connectivity index (χ2v) is 7.26. The van der Waals surface area contributed by atoms with Crippen molar-refractivity contribution in [2.24, 2.45) is 11.8 Å². The molecule has 2 aromatic rings. The molecular weight excluding hydrogens is 300 g/mol. The number of likely N-dealkylation sites (tertiary alicyclic amines) is 1. The van der Waals surface area contributed by atoms with E-state index >= 15 is 0 Å². The largest absolute Gasteiger partial charge is 0.341 e. The van der Waals surface area contributed by atoms with E-state index in [1.54, 1.807) is 12.3 Å². The number of pyridine rings is 1. The van der Waals surface area contributed by atoms with Gasteiger partial charge >= 0.3 is 0 Å². The number of benzene rings is 1. The Morgan fingerprint density at radius 2 is 1.83 bits per heavy atom. The fourth-order valence-electron chi connectivity index (χ4n) is 4.47. The van der Waals surface area contributed by atoms with Crippen LogP contribution in [-0.4, -0.2) is 28.5 Å². The number of nitrogens with zero attached hydrogens (tertiary/aromatic N) is 2. The number of para-hydroxylation sites is 1. The predicted molar refractivity (Wildman–Crippen MR) is 94.9 cm³/mol. The Kier molecular flexibility index (Phi) is 4.13. The number of rotatable bonds is 2. The molecule has 2 heterocycles. The normalized spacial score (nSPS) is 23.9. The van der Waals surface area contributed by atoms with Crippen molar-refractivity contribution in [1.82, 2.24) is 9.47 Å². The number of hydrogen-bond acceptors (Lipinski definition) is 2. The number of fused-ring (bicyclic) bond motifs is 2. The lowest BCUT2D eigenvalue weighted by atomic mass is 9.75. The van der Waals surface area contributed by atoms with Gasteiger partial charge in [-0.25, -0.2) is 0 Å². The molecule has 0 radical (unpaired) electrons. The first-order valence-corrected chi connectivity index (χ1v) is 9.08. The zero-order valence-electron chi connectivity index (χ0n) is 14.0. The zero-order valence-corrected chi connectivity index (χ0v) is 14.0. The molecule has 4 nitrogen and oxygen atoms in total. The molecule has 2 atom stereocenters. The molecule has 1 aliphatic carbocycles. The number of hydrogen-bond donors (Lipinski definition) is 0. The lowest BCUT2D eigenvalue weighted by molar-refractivity contribution is -0.134. The highest BCUT2D eigenvalue weighted by atomic mass is 16.2. The van der Waals surface area contributed by atoms with Gasteiger partial charge in [-0.3, -0.25) is 9.59 Å². The Bertz CT molecular complexity index is 811. The van der Waals surface area contributed by atoms with E-state index in [1.807, 2.05) is 33.7 Å². The van der Waals surface area contributed by atoms with Gasteiger partial charge in [-0.2, -0.15) is 0 Å². The van der Waals surface area contributed by atoms with Crippen LogP contribution in [0, 0.1) is 11.8 Å². The summed E-state index contributed by atoms with van der Waals surface area (Å²) < 4.78 is 1.91. The van der Waals surface area contributed by atoms with Crippen LogP contribution in [0.15, 0.2) is 41.3 Å². The minimum absolute atomic E-state index is 0.0114. The van der Waals surface area contributed by atoms with Crippen molar-refractivity contribution in [2.45, 2.75) is 38.6 Å². The van der Waals surface area contributed by atoms with Crippen molar-refractivity contribution in [3.8, 4) is 0 Å². The van der Waals surface area contributed by atoms with Crippen LogP contribution in [0.25, 0.3) is 10.9 Å². The van der Waals surface area contributed by atoms with E-state index in [2.05, 4.69) is 0 Å². The van der Waals surface area contributed by atoms with E-state index in [-0.39, 0.29) is 11.3 Å². The number of piperidine rings is 1. The van der Waals surface area contributed by atoms with Gasteiger partial charge in [-0.1, -0.05) is 31.4 Å². The third-order valence-electron chi connectivity index (χ3n) is 5.83. The molecule has 24 heavy (non-hydrogen) atoms. The van der Waals surface area contributed by atoms with Crippen molar-refractivity contribution < 1.29 is 4.79 Å². The second-order valence-electron chi connectivity index (χ2n) is 7.26. The van der Waals surface area contributed by atoms with E-state index in [4.69, 9.17) is 0 Å². The lowest BCUT2D eigenvalue weighted by Gasteiger charge is -2.41. The Morgan fingerprint density at radius 1 is 1.04 bits per heavy atom. The van der Waals surface area contributed by atoms with Crippen LogP contribution in [0.1, 0.15) is 32.1 Å². The predicted octanol–water partition coefficient (Wildman–Crippen LogP) is 3.04. The minimum Gasteiger partial charge on any atom is -0.341 e. The first-order valence-electron chi connectivity index (χ1n) is 9.08. The summed E-state index contributed by atoms with van der Waals surface area (Å²) in [7, 11) is 0. The van der Waals surface area contributed by atoms with Crippen LogP contribution in [0.5, 0.6) is 0 Å². The zero-order chi connectivity index (χ0) is 16.5. The second kappa shape index (κ2) is 6.42. The van der Waals surface area contributed by atoms with Gasteiger partial charge in [0.25, 0.3) is 0 Å². The third kappa shape index (κ3) is 2.85. The standard InChI is InChI=1S/C20H24N2O2/c23-19-10-12-21(18-8-4-3-7-17(18)19)14-20(24)22-11-9-15-5-1-2-6-16(15)13-22/h3-4,7-8,10,12,15-16H,1-2,5-6,9,11,13-14H2. The molecule has 1 aromatic carbocycles. The SMILES string of the molecule is O=C(Cn1ccc(=O)c2ccccc21)N1CCC2CCCCC2C1. The molecule has 4 heteroatoms. The minimum atomic E-state index is 0.0114. The van der Waals surface area contributed by atoms with Gasteiger partial charge in [0.05, 0.1) is 5.52 Å². The molecule has 0 bridgehead atoms. The molecule has 0 N–H and O–H groups in total. The summed E-state index contributed by atoms with van der Waals surface area (Å²) in [5, 5.41) is 0.679. The Morgan fingerprint density at radius 3 is 2.71 bits per heavy atom. The van der Waals surface area contributed by atoms with E-state index in [0.717, 1.165) is 30.9 Å². The van der Waals surface area contributed by atoms with Gasteiger partial charge in [0.15, 0.2) is 5.43 Å². The number of amides is 1. The Balaban J connectivity index is 1.52. The first kappa shape index (κ1) is 15.4. The molecule has 2 aliphatic rings. The van der Waals surface area contributed by atoms with Crippen LogP contribution < -0.4 is 5.43 Å². The van der Waals surface area contributed by atoms with E-state index < -0.39 is 0 Å². The molecule has 1 saturated carbocycles. The quantitative estimate of drug-likeness (QED) is 0.852. The van der Waals surface area contributed by atoms with Crippen LogP contribution in [0.3, 0.4) is 0 Å². The van der Waals surface area contributed by atoms with E-state index in [0.29, 0.717) is 17.8 Å². The fourth-order valence-corrected chi connectivity index (χ4v) is 4.47. The number of aromatic nitrogens is 1. The molecule has 1 aliphatic heterocycles. The maximum absolute atomic E-state index is 12.8. The fraction of sp³-hybridized carbons (Fsp3) is 0.500. The average Bonchev–Trinajstić information content (AvgIpc) is 2.64. The van der Waals surface area contributed by atoms with Crippen molar-refractivity contribution >= 4 is 16.8 Å². The highest BCUT2D eigenvalue weighted by Crippen LogP contribution is 2.36. The molecule has 2 fully saturated rings. The molecule has 0 spiro atoms. The Labute approximate surface area is 142 Å². The topological polar surface area (TPSA) is 42.3 Å². The molecule has 4 rings (SSSR count). The molecular formula is C20H24N2O2. The van der Waals surface area contributed by atoms with Gasteiger partial charge in [0.1, 0.15) is 6.54 Å². The highest BCUT2D eigenvalue weighted by molar-refractivity contribution is 5.82. The number of carbonyl (C=O) groups excluding carboxylic acids is 1. The van der Waals surface area contributed by atoms with Gasteiger partial charge < -0.3 is 9.47 Å². The summed E-state index contributed by atoms with van der Waals surface area (Å²) in [6, 6.07) is 9.08.